The van der Waals surface area contributed by atoms with Crippen LogP contribution in [0.1, 0.15) is 6.42 Å². The molecule has 0 aliphatic rings. The van der Waals surface area contributed by atoms with Crippen LogP contribution < -0.4 is 10.6 Å². The number of nitrogens with one attached hydrogen (secondary N) is 2. The van der Waals surface area contributed by atoms with E-state index in [1.54, 1.807) is 36.0 Å². The number of methoxy groups -OCH3 is 1. The minimum Gasteiger partial charge on any atom is -0.467 e. The monoisotopic (exact) mass is 404 g/mol. The summed E-state index contributed by atoms with van der Waals surface area (Å²) >= 11 is 8.53. The van der Waals surface area contributed by atoms with Crippen LogP contribution >= 0.6 is 35.1 Å². The number of carbonyl (C=O) groups is 3. The van der Waals surface area contributed by atoms with Crippen molar-refractivity contribution in [2.24, 2.45) is 0 Å². The highest BCUT2D eigenvalue weighted by Crippen LogP contribution is 2.14. The summed E-state index contributed by atoms with van der Waals surface area (Å²) < 4.78 is 4.68. The number of carbonyl (C=O) groups excluding carboxylic acids is 3. The molecule has 0 saturated heterocycles. The molecule has 138 valence electrons. The Kier molecular flexibility index (Phi) is 10.4. The summed E-state index contributed by atoms with van der Waals surface area (Å²) in [7, 11) is 1.29. The van der Waals surface area contributed by atoms with Crippen molar-refractivity contribution in [2.75, 3.05) is 35.9 Å². The van der Waals surface area contributed by atoms with Gasteiger partial charge in [-0.1, -0.05) is 11.6 Å². The summed E-state index contributed by atoms with van der Waals surface area (Å²) in [5.41, 5.74) is 0.641. The summed E-state index contributed by atoms with van der Waals surface area (Å²) in [4.78, 5) is 35.4. The van der Waals surface area contributed by atoms with Gasteiger partial charge in [0.15, 0.2) is 0 Å². The molecular weight excluding hydrogens is 384 g/mol. The SMILES string of the molecule is COC(=O)[C@@H](CCSC)NC(=O)CSCC(=O)Nc1ccc(Cl)cc1. The van der Waals surface area contributed by atoms with Crippen molar-refractivity contribution < 1.29 is 19.1 Å². The average molecular weight is 405 g/mol. The van der Waals surface area contributed by atoms with Gasteiger partial charge in [-0.2, -0.15) is 11.8 Å². The highest BCUT2D eigenvalue weighted by molar-refractivity contribution is 8.00. The van der Waals surface area contributed by atoms with Crippen LogP contribution in [0.15, 0.2) is 24.3 Å². The predicted molar refractivity (Wildman–Crippen MR) is 104 cm³/mol. The van der Waals surface area contributed by atoms with E-state index in [0.29, 0.717) is 17.1 Å². The van der Waals surface area contributed by atoms with Gasteiger partial charge in [0, 0.05) is 10.7 Å². The maximum atomic E-state index is 11.9. The van der Waals surface area contributed by atoms with Gasteiger partial charge < -0.3 is 15.4 Å². The molecule has 1 aromatic carbocycles. The normalized spacial score (nSPS) is 11.5. The second kappa shape index (κ2) is 12.1. The highest BCUT2D eigenvalue weighted by atomic mass is 35.5. The Balaban J connectivity index is 2.33. The molecular formula is C16H21ClN2O4S2. The molecule has 1 rings (SSSR count). The van der Waals surface area contributed by atoms with E-state index < -0.39 is 12.0 Å². The van der Waals surface area contributed by atoms with E-state index in [-0.39, 0.29) is 23.3 Å². The van der Waals surface area contributed by atoms with Crippen molar-refractivity contribution in [3.63, 3.8) is 0 Å². The smallest absolute Gasteiger partial charge is 0.328 e. The third kappa shape index (κ3) is 9.04. The van der Waals surface area contributed by atoms with E-state index in [2.05, 4.69) is 15.4 Å². The molecule has 0 aliphatic carbocycles. The molecule has 2 amide bonds. The lowest BCUT2D eigenvalue weighted by atomic mass is 10.2. The highest BCUT2D eigenvalue weighted by Gasteiger charge is 2.20. The van der Waals surface area contributed by atoms with Crippen LogP contribution in [-0.2, 0) is 19.1 Å². The van der Waals surface area contributed by atoms with Crippen molar-refractivity contribution in [3.05, 3.63) is 29.3 Å². The molecule has 0 radical (unpaired) electrons. The van der Waals surface area contributed by atoms with Gasteiger partial charge in [-0.25, -0.2) is 4.79 Å². The first-order valence-electron chi connectivity index (χ1n) is 7.45. The first-order valence-corrected chi connectivity index (χ1v) is 10.4. The van der Waals surface area contributed by atoms with Crippen LogP contribution in [0.3, 0.4) is 0 Å². The molecule has 25 heavy (non-hydrogen) atoms. The van der Waals surface area contributed by atoms with Crippen LogP contribution in [0.25, 0.3) is 0 Å². The maximum Gasteiger partial charge on any atom is 0.328 e. The first-order chi connectivity index (χ1) is 12.0. The zero-order valence-electron chi connectivity index (χ0n) is 14.0. The number of halogens is 1. The number of hydrogen-bond acceptors (Lipinski definition) is 6. The molecule has 0 saturated carbocycles. The van der Waals surface area contributed by atoms with Crippen LogP contribution in [0.2, 0.25) is 5.02 Å². The molecule has 2 N–H and O–H groups in total. The number of rotatable bonds is 10. The Morgan fingerprint density at radius 3 is 2.40 bits per heavy atom. The number of anilines is 1. The van der Waals surface area contributed by atoms with Crippen LogP contribution in [-0.4, -0.2) is 54.4 Å². The topological polar surface area (TPSA) is 84.5 Å². The molecule has 0 spiro atoms. The van der Waals surface area contributed by atoms with Gasteiger partial charge in [-0.15, -0.1) is 11.8 Å². The minimum absolute atomic E-state index is 0.0841. The van der Waals surface area contributed by atoms with Crippen LogP contribution in [0.4, 0.5) is 5.69 Å². The van der Waals surface area contributed by atoms with Gasteiger partial charge in [0.05, 0.1) is 18.6 Å². The molecule has 6 nitrogen and oxygen atoms in total. The minimum atomic E-state index is -0.659. The molecule has 0 bridgehead atoms. The molecule has 1 atom stereocenters. The number of esters is 1. The molecule has 0 aliphatic heterocycles. The third-order valence-corrected chi connectivity index (χ3v) is 4.85. The fourth-order valence-corrected chi connectivity index (χ4v) is 3.06. The van der Waals surface area contributed by atoms with E-state index >= 15 is 0 Å². The fraction of sp³-hybridized carbons (Fsp3) is 0.438. The Hall–Kier alpha value is -1.38. The average Bonchev–Trinajstić information content (AvgIpc) is 2.59. The van der Waals surface area contributed by atoms with Gasteiger partial charge >= 0.3 is 5.97 Å². The molecule has 9 heteroatoms. The van der Waals surface area contributed by atoms with Crippen molar-refractivity contribution in [2.45, 2.75) is 12.5 Å². The van der Waals surface area contributed by atoms with Gasteiger partial charge in [0.25, 0.3) is 0 Å². The van der Waals surface area contributed by atoms with Crippen LogP contribution in [0.5, 0.6) is 0 Å². The van der Waals surface area contributed by atoms with Gasteiger partial charge in [-0.3, -0.25) is 9.59 Å². The summed E-state index contributed by atoms with van der Waals surface area (Å²) in [6.07, 6.45) is 2.42. The molecule has 0 heterocycles. The van der Waals surface area contributed by atoms with Crippen molar-refractivity contribution in [1.29, 1.82) is 0 Å². The Morgan fingerprint density at radius 2 is 1.80 bits per heavy atom. The number of benzene rings is 1. The van der Waals surface area contributed by atoms with E-state index in [9.17, 15) is 14.4 Å². The zero-order chi connectivity index (χ0) is 18.7. The second-order valence-electron chi connectivity index (χ2n) is 4.97. The van der Waals surface area contributed by atoms with Gasteiger partial charge in [-0.05, 0) is 42.7 Å². The molecule has 0 fully saturated rings. The lowest BCUT2D eigenvalue weighted by molar-refractivity contribution is -0.144. The molecule has 0 unspecified atom stereocenters. The first kappa shape index (κ1) is 21.7. The Labute approximate surface area is 160 Å². The largest absolute Gasteiger partial charge is 0.467 e. The predicted octanol–water partition coefficient (Wildman–Crippen LogP) is 2.42. The van der Waals surface area contributed by atoms with Crippen molar-refractivity contribution in [1.82, 2.24) is 5.32 Å². The number of thioether (sulfide) groups is 2. The fourth-order valence-electron chi connectivity index (χ4n) is 1.83. The zero-order valence-corrected chi connectivity index (χ0v) is 16.4. The maximum absolute atomic E-state index is 11.9. The summed E-state index contributed by atoms with van der Waals surface area (Å²) in [5, 5.41) is 5.94. The van der Waals surface area contributed by atoms with Crippen LogP contribution in [0, 0.1) is 0 Å². The number of ether oxygens (including phenoxy) is 1. The number of amides is 2. The lowest BCUT2D eigenvalue weighted by Crippen LogP contribution is -2.42. The van der Waals surface area contributed by atoms with E-state index in [1.807, 2.05) is 6.26 Å². The van der Waals surface area contributed by atoms with Crippen molar-refractivity contribution >= 4 is 58.6 Å². The molecule has 1 aromatic rings. The summed E-state index contributed by atoms with van der Waals surface area (Å²) in [5.74, 6) is -0.0398. The third-order valence-electron chi connectivity index (χ3n) is 3.03. The second-order valence-corrected chi connectivity index (χ2v) is 7.38. The van der Waals surface area contributed by atoms with E-state index in [4.69, 9.17) is 11.6 Å². The summed E-state index contributed by atoms with van der Waals surface area (Å²) in [6, 6.07) is 6.10. The van der Waals surface area contributed by atoms with E-state index in [1.165, 1.54) is 18.9 Å². The summed E-state index contributed by atoms with van der Waals surface area (Å²) in [6.45, 7) is 0. The standard InChI is InChI=1S/C16H21ClN2O4S2/c1-23-16(22)13(7-8-24-2)19-15(21)10-25-9-14(20)18-12-5-3-11(17)4-6-12/h3-6,13H,7-10H2,1-2H3,(H,18,20)(H,19,21)/t13-/m1/s1. The Bertz CT molecular complexity index is 584. The number of hydrogen-bond donors (Lipinski definition) is 2. The van der Waals surface area contributed by atoms with Gasteiger partial charge in [0.2, 0.25) is 11.8 Å². The van der Waals surface area contributed by atoms with E-state index in [0.717, 1.165) is 5.75 Å². The van der Waals surface area contributed by atoms with Gasteiger partial charge in [0.1, 0.15) is 6.04 Å². The molecule has 0 aromatic heterocycles. The van der Waals surface area contributed by atoms with Crippen molar-refractivity contribution in [3.8, 4) is 0 Å². The lowest BCUT2D eigenvalue weighted by Gasteiger charge is -2.15. The Morgan fingerprint density at radius 1 is 1.16 bits per heavy atom. The quantitative estimate of drug-likeness (QED) is 0.582.